The molecule has 0 amide bonds. The highest BCUT2D eigenvalue weighted by molar-refractivity contribution is 5.89. The summed E-state index contributed by atoms with van der Waals surface area (Å²) in [5.74, 6) is 0.417. The van der Waals surface area contributed by atoms with Crippen molar-refractivity contribution in [3.63, 3.8) is 0 Å². The minimum Gasteiger partial charge on any atom is -0.389 e. The second kappa shape index (κ2) is 4.34. The molecular weight excluding hydrogens is 260 g/mol. The van der Waals surface area contributed by atoms with Crippen LogP contribution in [-0.4, -0.2) is 27.4 Å². The van der Waals surface area contributed by atoms with Crippen LogP contribution in [0.2, 0.25) is 0 Å². The van der Waals surface area contributed by atoms with E-state index in [-0.39, 0.29) is 6.04 Å². The van der Waals surface area contributed by atoms with Crippen LogP contribution in [0, 0.1) is 0 Å². The van der Waals surface area contributed by atoms with Crippen molar-refractivity contribution in [2.75, 3.05) is 0 Å². The van der Waals surface area contributed by atoms with Gasteiger partial charge in [-0.05, 0) is 50.8 Å². The zero-order valence-electron chi connectivity index (χ0n) is 13.1. The Hall–Kier alpha value is -1.32. The van der Waals surface area contributed by atoms with E-state index in [0.717, 1.165) is 19.4 Å². The zero-order chi connectivity index (χ0) is 14.8. The summed E-state index contributed by atoms with van der Waals surface area (Å²) in [6, 6.07) is 7.25. The zero-order valence-corrected chi connectivity index (χ0v) is 13.1. The smallest absolute Gasteiger partial charge is 0.0775 e. The lowest BCUT2D eigenvalue weighted by Gasteiger charge is -2.47. The molecule has 2 aliphatic rings. The van der Waals surface area contributed by atoms with Gasteiger partial charge in [-0.15, -0.1) is 0 Å². The maximum atomic E-state index is 10.7. The molecule has 112 valence electrons. The molecule has 21 heavy (non-hydrogen) atoms. The van der Waals surface area contributed by atoms with E-state index in [4.69, 9.17) is 0 Å². The molecule has 1 saturated heterocycles. The third-order valence-corrected chi connectivity index (χ3v) is 5.71. The largest absolute Gasteiger partial charge is 0.389 e. The molecule has 1 fully saturated rings. The Bertz CT molecular complexity index is 701. The lowest BCUT2D eigenvalue weighted by molar-refractivity contribution is -0.0208. The Kier molecular flexibility index (Phi) is 2.76. The van der Waals surface area contributed by atoms with E-state index in [2.05, 4.69) is 48.1 Å². The number of aromatic nitrogens is 1. The summed E-state index contributed by atoms with van der Waals surface area (Å²) in [6.07, 6.45) is 4.25. The Labute approximate surface area is 126 Å². The van der Waals surface area contributed by atoms with E-state index in [0.29, 0.717) is 12.0 Å². The van der Waals surface area contributed by atoms with Crippen LogP contribution in [0.15, 0.2) is 24.4 Å². The van der Waals surface area contributed by atoms with Gasteiger partial charge < -0.3 is 15.0 Å². The van der Waals surface area contributed by atoms with Crippen LogP contribution in [0.5, 0.6) is 0 Å². The molecule has 2 unspecified atom stereocenters. The summed E-state index contributed by atoms with van der Waals surface area (Å²) in [6.45, 7) is 7.28. The first-order valence-corrected chi connectivity index (χ1v) is 8.10. The van der Waals surface area contributed by atoms with Gasteiger partial charge in [0, 0.05) is 41.6 Å². The Morgan fingerprint density at radius 3 is 3.00 bits per heavy atom. The molecule has 1 aliphatic carbocycles. The number of hydrogen-bond donors (Lipinski definition) is 2. The highest BCUT2D eigenvalue weighted by atomic mass is 16.3. The van der Waals surface area contributed by atoms with Gasteiger partial charge in [0.25, 0.3) is 0 Å². The van der Waals surface area contributed by atoms with E-state index in [9.17, 15) is 5.11 Å². The van der Waals surface area contributed by atoms with Gasteiger partial charge >= 0.3 is 0 Å². The Morgan fingerprint density at radius 1 is 1.43 bits per heavy atom. The number of benzene rings is 1. The molecule has 1 aliphatic heterocycles. The summed E-state index contributed by atoms with van der Waals surface area (Å²) >= 11 is 0. The van der Waals surface area contributed by atoms with Crippen LogP contribution < -0.4 is 5.32 Å². The molecule has 0 bridgehead atoms. The number of aliphatic hydroxyl groups is 1. The summed E-state index contributed by atoms with van der Waals surface area (Å²) < 4.78 is 2.35. The molecule has 1 aromatic carbocycles. The third kappa shape index (κ3) is 1.80. The number of aryl methyl sites for hydroxylation is 1. The molecule has 3 heteroatoms. The second-order valence-corrected chi connectivity index (χ2v) is 7.05. The van der Waals surface area contributed by atoms with Crippen molar-refractivity contribution < 1.29 is 5.11 Å². The molecule has 4 rings (SSSR count). The molecule has 0 saturated carbocycles. The average molecular weight is 284 g/mol. The number of hydrogen-bond acceptors (Lipinski definition) is 2. The fourth-order valence-corrected chi connectivity index (χ4v) is 4.34. The highest BCUT2D eigenvalue weighted by Crippen LogP contribution is 2.44. The topological polar surface area (TPSA) is 37.2 Å². The number of nitrogens with zero attached hydrogens (tertiary/aromatic N) is 1. The van der Waals surface area contributed by atoms with Crippen molar-refractivity contribution in [2.45, 2.75) is 63.8 Å². The first-order chi connectivity index (χ1) is 10.0. The molecular formula is C18H24N2O. The second-order valence-electron chi connectivity index (χ2n) is 7.05. The lowest BCUT2D eigenvalue weighted by atomic mass is 9.70. The molecule has 0 spiro atoms. The average Bonchev–Trinajstić information content (AvgIpc) is 2.81. The quantitative estimate of drug-likeness (QED) is 0.845. The van der Waals surface area contributed by atoms with Crippen LogP contribution in [0.4, 0.5) is 0 Å². The Balaban J connectivity index is 1.89. The minimum absolute atomic E-state index is 0.146. The summed E-state index contributed by atoms with van der Waals surface area (Å²) in [5, 5.41) is 15.8. The van der Waals surface area contributed by atoms with Crippen molar-refractivity contribution in [1.29, 1.82) is 0 Å². The molecule has 0 radical (unpaired) electrons. The molecule has 1 aromatic heterocycles. The monoisotopic (exact) mass is 284 g/mol. The van der Waals surface area contributed by atoms with E-state index in [1.54, 1.807) is 0 Å². The standard InChI is InChI=1S/C18H24N2O/c1-4-20-10-12-8-15-14(9-18(3,21)11(2)19-15)13-6-5-7-16(20)17(12)13/h5-7,10-11,14-15,19,21H,4,8-9H2,1-3H3/t11?,14-,15-,18?/m1/s1. The van der Waals surface area contributed by atoms with Crippen molar-refractivity contribution in [1.82, 2.24) is 9.88 Å². The fraction of sp³-hybridized carbons (Fsp3) is 0.556. The molecule has 3 nitrogen and oxygen atoms in total. The summed E-state index contributed by atoms with van der Waals surface area (Å²) in [5.41, 5.74) is 3.60. The minimum atomic E-state index is -0.631. The van der Waals surface area contributed by atoms with Gasteiger partial charge in [-0.3, -0.25) is 0 Å². The van der Waals surface area contributed by atoms with Gasteiger partial charge in [0.2, 0.25) is 0 Å². The summed E-state index contributed by atoms with van der Waals surface area (Å²) in [4.78, 5) is 0. The van der Waals surface area contributed by atoms with Crippen LogP contribution in [0.25, 0.3) is 10.9 Å². The third-order valence-electron chi connectivity index (χ3n) is 5.71. The van der Waals surface area contributed by atoms with Crippen molar-refractivity contribution in [2.24, 2.45) is 0 Å². The van der Waals surface area contributed by atoms with Gasteiger partial charge in [0.1, 0.15) is 0 Å². The lowest BCUT2D eigenvalue weighted by Crippen LogP contribution is -2.59. The van der Waals surface area contributed by atoms with E-state index in [1.165, 1.54) is 22.0 Å². The van der Waals surface area contributed by atoms with Crippen LogP contribution in [0.3, 0.4) is 0 Å². The Morgan fingerprint density at radius 2 is 2.24 bits per heavy atom. The van der Waals surface area contributed by atoms with Gasteiger partial charge in [-0.1, -0.05) is 12.1 Å². The number of fused-ring (bicyclic) bond motifs is 2. The normalized spacial score (nSPS) is 35.0. The number of nitrogens with one attached hydrogen (secondary N) is 1. The van der Waals surface area contributed by atoms with Crippen molar-refractivity contribution in [3.8, 4) is 0 Å². The predicted octanol–water partition coefficient (Wildman–Crippen LogP) is 2.80. The van der Waals surface area contributed by atoms with Crippen molar-refractivity contribution in [3.05, 3.63) is 35.5 Å². The fourth-order valence-electron chi connectivity index (χ4n) is 4.34. The van der Waals surface area contributed by atoms with Gasteiger partial charge in [0.15, 0.2) is 0 Å². The van der Waals surface area contributed by atoms with Crippen LogP contribution >= 0.6 is 0 Å². The SMILES string of the molecule is CCn1cc2c3c(cccc31)[C@H]1CC(C)(O)C(C)N[C@@H]1C2. The molecule has 2 aromatic rings. The highest BCUT2D eigenvalue weighted by Gasteiger charge is 2.44. The first-order valence-electron chi connectivity index (χ1n) is 8.10. The molecule has 2 heterocycles. The number of piperidine rings is 1. The van der Waals surface area contributed by atoms with Gasteiger partial charge in [-0.25, -0.2) is 0 Å². The van der Waals surface area contributed by atoms with E-state index < -0.39 is 5.60 Å². The molecule has 2 N–H and O–H groups in total. The predicted molar refractivity (Wildman–Crippen MR) is 85.7 cm³/mol. The summed E-state index contributed by atoms with van der Waals surface area (Å²) in [7, 11) is 0. The number of rotatable bonds is 1. The van der Waals surface area contributed by atoms with E-state index >= 15 is 0 Å². The van der Waals surface area contributed by atoms with Gasteiger partial charge in [0.05, 0.1) is 5.60 Å². The van der Waals surface area contributed by atoms with Crippen LogP contribution in [-0.2, 0) is 13.0 Å². The maximum Gasteiger partial charge on any atom is 0.0775 e. The van der Waals surface area contributed by atoms with E-state index in [1.807, 2.05) is 6.92 Å². The maximum absolute atomic E-state index is 10.7. The van der Waals surface area contributed by atoms with Crippen LogP contribution in [0.1, 0.15) is 44.2 Å². The first kappa shape index (κ1) is 13.4. The molecule has 4 atom stereocenters. The van der Waals surface area contributed by atoms with Crippen molar-refractivity contribution >= 4 is 10.9 Å². The van der Waals surface area contributed by atoms with Gasteiger partial charge in [-0.2, -0.15) is 0 Å².